The van der Waals surface area contributed by atoms with Gasteiger partial charge in [-0.15, -0.1) is 0 Å². The maximum absolute atomic E-state index is 14.4. The van der Waals surface area contributed by atoms with Crippen LogP contribution in [-0.4, -0.2) is 17.0 Å². The number of rotatable bonds is 3. The molecule has 3 heteroatoms. The van der Waals surface area contributed by atoms with Crippen molar-refractivity contribution in [1.29, 1.82) is 0 Å². The highest BCUT2D eigenvalue weighted by Gasteiger charge is 2.61. The number of fused-ring (bicyclic) bond motifs is 1. The first kappa shape index (κ1) is 20.6. The molecule has 0 amide bonds. The van der Waals surface area contributed by atoms with Gasteiger partial charge < -0.3 is 0 Å². The van der Waals surface area contributed by atoms with E-state index in [1.165, 1.54) is 11.1 Å². The van der Waals surface area contributed by atoms with Crippen molar-refractivity contribution >= 4 is 17.2 Å². The fourth-order valence-electron chi connectivity index (χ4n) is 5.51. The molecule has 3 nitrogen and oxygen atoms in total. The van der Waals surface area contributed by atoms with Crippen LogP contribution in [-0.2, 0) is 6.42 Å². The quantitative estimate of drug-likeness (QED) is 0.363. The minimum atomic E-state index is -0.848. The molecule has 0 N–H and O–H groups in total. The van der Waals surface area contributed by atoms with Crippen molar-refractivity contribution in [2.24, 2.45) is 5.10 Å². The molecule has 0 aromatic heterocycles. The lowest BCUT2D eigenvalue weighted by Crippen LogP contribution is -2.53. The van der Waals surface area contributed by atoms with Gasteiger partial charge in [0.15, 0.2) is 5.78 Å². The van der Waals surface area contributed by atoms with Crippen LogP contribution in [0.3, 0.4) is 0 Å². The van der Waals surface area contributed by atoms with E-state index in [9.17, 15) is 4.79 Å². The molecule has 1 heterocycles. The average molecular weight is 443 g/mol. The van der Waals surface area contributed by atoms with Crippen LogP contribution in [0.15, 0.2) is 108 Å². The van der Waals surface area contributed by atoms with E-state index in [1.807, 2.05) is 41.4 Å². The van der Waals surface area contributed by atoms with Crippen LogP contribution in [0.25, 0.3) is 0 Å². The number of Topliss-reactive ketones (excluding diaryl/α,β-unsaturated/α-hetero) is 1. The molecule has 0 radical (unpaired) electrons. The molecule has 1 aliphatic carbocycles. The second-order valence-corrected chi connectivity index (χ2v) is 9.43. The van der Waals surface area contributed by atoms with Gasteiger partial charge in [-0.2, -0.15) is 5.10 Å². The number of benzene rings is 4. The monoisotopic (exact) mass is 442 g/mol. The third-order valence-electron chi connectivity index (χ3n) is 7.21. The summed E-state index contributed by atoms with van der Waals surface area (Å²) < 4.78 is 0. The maximum atomic E-state index is 14.4. The molecule has 2 aliphatic rings. The van der Waals surface area contributed by atoms with Crippen molar-refractivity contribution in [3.63, 3.8) is 0 Å². The van der Waals surface area contributed by atoms with Gasteiger partial charge in [-0.05, 0) is 42.7 Å². The number of hydrazone groups is 1. The standard InChI is InChI=1S/C31H26N2O/c1-21-12-16-23(17-13-21)28-29(24-8-4-3-5-9-24)32-33(26-18-14-22(2)15-19-26)31(28)20-25-10-6-7-11-27(25)30(31)34/h3-19,28H,20H2,1-2H3/t28-,31-/m1/s1. The third kappa shape index (κ3) is 3.04. The van der Waals surface area contributed by atoms with Gasteiger partial charge in [0.05, 0.1) is 17.3 Å². The predicted octanol–water partition coefficient (Wildman–Crippen LogP) is 6.49. The lowest BCUT2D eigenvalue weighted by Gasteiger charge is -2.37. The van der Waals surface area contributed by atoms with Gasteiger partial charge in [0.2, 0.25) is 0 Å². The lowest BCUT2D eigenvalue weighted by atomic mass is 9.72. The molecular weight excluding hydrogens is 416 g/mol. The van der Waals surface area contributed by atoms with Crippen molar-refractivity contribution < 1.29 is 4.79 Å². The zero-order valence-electron chi connectivity index (χ0n) is 19.4. The van der Waals surface area contributed by atoms with E-state index in [0.29, 0.717) is 6.42 Å². The number of carbonyl (C=O) groups excluding carboxylic acids is 1. The normalized spacial score (nSPS) is 21.1. The third-order valence-corrected chi connectivity index (χ3v) is 7.21. The van der Waals surface area contributed by atoms with Gasteiger partial charge in [0.25, 0.3) is 0 Å². The van der Waals surface area contributed by atoms with Gasteiger partial charge in [-0.1, -0.05) is 102 Å². The van der Waals surface area contributed by atoms with Crippen molar-refractivity contribution in [3.8, 4) is 0 Å². The van der Waals surface area contributed by atoms with Crippen LogP contribution in [0, 0.1) is 13.8 Å². The van der Waals surface area contributed by atoms with Crippen molar-refractivity contribution in [2.45, 2.75) is 31.7 Å². The van der Waals surface area contributed by atoms with Crippen molar-refractivity contribution in [1.82, 2.24) is 0 Å². The summed E-state index contributed by atoms with van der Waals surface area (Å²) in [5.74, 6) is -0.0550. The molecule has 6 rings (SSSR count). The highest BCUT2D eigenvalue weighted by molar-refractivity contribution is 6.19. The van der Waals surface area contributed by atoms with Crippen LogP contribution < -0.4 is 5.01 Å². The van der Waals surface area contributed by atoms with E-state index in [2.05, 4.69) is 80.6 Å². The molecule has 4 aromatic carbocycles. The zero-order chi connectivity index (χ0) is 23.3. The van der Waals surface area contributed by atoms with E-state index in [0.717, 1.165) is 33.7 Å². The lowest BCUT2D eigenvalue weighted by molar-refractivity contribution is 0.0899. The minimum absolute atomic E-state index is 0.143. The SMILES string of the molecule is Cc1ccc([C@@H]2C(c3ccccc3)=NN(c3ccc(C)cc3)[C@]23Cc2ccccc2C3=O)cc1. The Balaban J connectivity index is 1.63. The summed E-state index contributed by atoms with van der Waals surface area (Å²) in [6.07, 6.45) is 0.619. The highest BCUT2D eigenvalue weighted by Crippen LogP contribution is 2.51. The molecule has 0 saturated heterocycles. The first-order valence-corrected chi connectivity index (χ1v) is 11.8. The van der Waals surface area contributed by atoms with Crippen LogP contribution in [0.4, 0.5) is 5.69 Å². The number of carbonyl (C=O) groups is 1. The summed E-state index contributed by atoms with van der Waals surface area (Å²) in [7, 11) is 0. The van der Waals surface area contributed by atoms with Gasteiger partial charge in [0.1, 0.15) is 5.54 Å². The second-order valence-electron chi connectivity index (χ2n) is 9.43. The Morgan fingerprint density at radius 2 is 1.38 bits per heavy atom. The Hall–Kier alpha value is -3.98. The average Bonchev–Trinajstić information content (AvgIpc) is 3.36. The molecule has 0 unspecified atom stereocenters. The molecule has 0 fully saturated rings. The topological polar surface area (TPSA) is 32.7 Å². The first-order chi connectivity index (χ1) is 16.6. The molecule has 4 aromatic rings. The van der Waals surface area contributed by atoms with E-state index < -0.39 is 5.54 Å². The van der Waals surface area contributed by atoms with Crippen molar-refractivity contribution in [3.05, 3.63) is 137 Å². The Morgan fingerprint density at radius 1 is 0.765 bits per heavy atom. The molecule has 166 valence electrons. The second kappa shape index (κ2) is 7.81. The van der Waals surface area contributed by atoms with E-state index >= 15 is 0 Å². The number of anilines is 1. The molecule has 1 aliphatic heterocycles. The summed E-state index contributed by atoms with van der Waals surface area (Å²) in [6.45, 7) is 4.17. The van der Waals surface area contributed by atoms with Crippen LogP contribution in [0.5, 0.6) is 0 Å². The molecule has 1 spiro atoms. The van der Waals surface area contributed by atoms with Crippen LogP contribution in [0.2, 0.25) is 0 Å². The number of aryl methyl sites for hydroxylation is 2. The van der Waals surface area contributed by atoms with Crippen molar-refractivity contribution in [2.75, 3.05) is 5.01 Å². The van der Waals surface area contributed by atoms with Gasteiger partial charge >= 0.3 is 0 Å². The van der Waals surface area contributed by atoms with Gasteiger partial charge in [-0.3, -0.25) is 4.79 Å². The Kier molecular flexibility index (Phi) is 4.73. The Labute approximate surface area is 200 Å². The number of nitrogens with zero attached hydrogens (tertiary/aromatic N) is 2. The smallest absolute Gasteiger partial charge is 0.192 e. The van der Waals surface area contributed by atoms with E-state index in [4.69, 9.17) is 5.10 Å². The predicted molar refractivity (Wildman–Crippen MR) is 138 cm³/mol. The van der Waals surface area contributed by atoms with Crippen LogP contribution >= 0.6 is 0 Å². The highest BCUT2D eigenvalue weighted by atomic mass is 16.1. The number of hydrogen-bond donors (Lipinski definition) is 0. The van der Waals surface area contributed by atoms with Crippen LogP contribution in [0.1, 0.15) is 44.1 Å². The minimum Gasteiger partial charge on any atom is -0.291 e. The first-order valence-electron chi connectivity index (χ1n) is 11.8. The number of ketones is 1. The summed E-state index contributed by atoms with van der Waals surface area (Å²) in [4.78, 5) is 14.4. The summed E-state index contributed by atoms with van der Waals surface area (Å²) in [6, 6.07) is 35.2. The summed E-state index contributed by atoms with van der Waals surface area (Å²) in [5, 5.41) is 7.25. The molecule has 0 bridgehead atoms. The fourth-order valence-corrected chi connectivity index (χ4v) is 5.51. The summed E-state index contributed by atoms with van der Waals surface area (Å²) >= 11 is 0. The zero-order valence-corrected chi connectivity index (χ0v) is 19.4. The van der Waals surface area contributed by atoms with E-state index in [-0.39, 0.29) is 11.7 Å². The van der Waals surface area contributed by atoms with Gasteiger partial charge in [-0.25, -0.2) is 5.01 Å². The molecule has 0 saturated carbocycles. The number of hydrogen-bond acceptors (Lipinski definition) is 3. The molecule has 2 atom stereocenters. The molecule has 34 heavy (non-hydrogen) atoms. The largest absolute Gasteiger partial charge is 0.291 e. The van der Waals surface area contributed by atoms with Gasteiger partial charge in [0, 0.05) is 12.0 Å². The Morgan fingerprint density at radius 3 is 2.06 bits per heavy atom. The maximum Gasteiger partial charge on any atom is 0.192 e. The summed E-state index contributed by atoms with van der Waals surface area (Å²) in [5.41, 5.74) is 7.47. The Bertz CT molecular complexity index is 1400. The van der Waals surface area contributed by atoms with E-state index in [1.54, 1.807) is 0 Å². The molecular formula is C31H26N2O. The fraction of sp³-hybridized carbons (Fsp3) is 0.161.